The molecule has 0 saturated heterocycles. The molecule has 0 spiro atoms. The second-order valence-corrected chi connectivity index (χ2v) is 3.79. The third-order valence-corrected chi connectivity index (χ3v) is 2.58. The number of likely N-dealkylation sites (N-methyl/N-ethyl adjacent to an activating group) is 1. The molecule has 1 aromatic rings. The summed E-state index contributed by atoms with van der Waals surface area (Å²) in [6.45, 7) is 3.11. The van der Waals surface area contributed by atoms with Gasteiger partial charge in [0.15, 0.2) is 5.78 Å². The number of carbonyl (C=O) groups is 1. The van der Waals surface area contributed by atoms with Crippen molar-refractivity contribution in [3.8, 4) is 0 Å². The Hall–Kier alpha value is -0.870. The van der Waals surface area contributed by atoms with E-state index in [1.54, 1.807) is 18.2 Å². The first-order valence-electron chi connectivity index (χ1n) is 4.44. The third kappa shape index (κ3) is 2.82. The van der Waals surface area contributed by atoms with E-state index in [-0.39, 0.29) is 5.78 Å². The lowest BCUT2D eigenvalue weighted by atomic mass is 10.1. The second-order valence-electron chi connectivity index (χ2n) is 2.94. The molecule has 0 saturated carbocycles. The Labute approximate surface area is 91.8 Å². The minimum atomic E-state index is 0.0612. The smallest absolute Gasteiger partial charge is 0.176 e. The maximum atomic E-state index is 11.5. The molecule has 1 aromatic carbocycles. The fourth-order valence-corrected chi connectivity index (χ4v) is 1.30. The van der Waals surface area contributed by atoms with Crippen LogP contribution in [0.25, 0.3) is 0 Å². The van der Waals surface area contributed by atoms with Gasteiger partial charge in [-0.1, -0.05) is 13.0 Å². The van der Waals surface area contributed by atoms with E-state index < -0.39 is 0 Å². The van der Waals surface area contributed by atoms with Crippen molar-refractivity contribution < 1.29 is 4.79 Å². The quantitative estimate of drug-likeness (QED) is 0.639. The van der Waals surface area contributed by atoms with Crippen LogP contribution < -0.4 is 11.1 Å². The highest BCUT2D eigenvalue weighted by molar-refractivity contribution is 9.10. The van der Waals surface area contributed by atoms with Gasteiger partial charge in [0, 0.05) is 15.7 Å². The zero-order chi connectivity index (χ0) is 10.6. The average molecular weight is 257 g/mol. The van der Waals surface area contributed by atoms with Crippen LogP contribution in [0.4, 0.5) is 5.69 Å². The van der Waals surface area contributed by atoms with Gasteiger partial charge in [0.2, 0.25) is 0 Å². The van der Waals surface area contributed by atoms with Gasteiger partial charge >= 0.3 is 0 Å². The number of ketones is 1. The minimum absolute atomic E-state index is 0.0612. The number of carbonyl (C=O) groups excluding carboxylic acids is 1. The third-order valence-electron chi connectivity index (χ3n) is 1.85. The number of halogens is 1. The fraction of sp³-hybridized carbons (Fsp3) is 0.300. The molecular weight excluding hydrogens is 244 g/mol. The van der Waals surface area contributed by atoms with Crippen LogP contribution in [0.5, 0.6) is 0 Å². The van der Waals surface area contributed by atoms with E-state index in [2.05, 4.69) is 21.2 Å². The number of hydrogen-bond donors (Lipinski definition) is 2. The second kappa shape index (κ2) is 5.12. The zero-order valence-corrected chi connectivity index (χ0v) is 9.60. The number of nitrogens with two attached hydrogens (primary N) is 1. The Morgan fingerprint density at radius 1 is 1.57 bits per heavy atom. The number of nitrogen functional groups attached to an aromatic ring is 1. The van der Waals surface area contributed by atoms with Gasteiger partial charge in [0.05, 0.1) is 6.54 Å². The van der Waals surface area contributed by atoms with Crippen molar-refractivity contribution in [3.63, 3.8) is 0 Å². The van der Waals surface area contributed by atoms with E-state index in [0.717, 1.165) is 11.0 Å². The molecule has 0 heterocycles. The van der Waals surface area contributed by atoms with Gasteiger partial charge in [-0.25, -0.2) is 0 Å². The number of hydrogen-bond acceptors (Lipinski definition) is 3. The molecule has 0 atom stereocenters. The van der Waals surface area contributed by atoms with Gasteiger partial charge < -0.3 is 11.1 Å². The largest absolute Gasteiger partial charge is 0.398 e. The Kier molecular flexibility index (Phi) is 4.10. The molecule has 0 aromatic heterocycles. The lowest BCUT2D eigenvalue weighted by Crippen LogP contribution is -2.22. The summed E-state index contributed by atoms with van der Waals surface area (Å²) >= 11 is 3.28. The molecule has 0 unspecified atom stereocenters. The zero-order valence-electron chi connectivity index (χ0n) is 8.01. The highest BCUT2D eigenvalue weighted by atomic mass is 79.9. The summed E-state index contributed by atoms with van der Waals surface area (Å²) in [5, 5.41) is 2.98. The van der Waals surface area contributed by atoms with Gasteiger partial charge in [-0.15, -0.1) is 0 Å². The van der Waals surface area contributed by atoms with Crippen molar-refractivity contribution >= 4 is 27.4 Å². The molecule has 1 rings (SSSR count). The van der Waals surface area contributed by atoms with E-state index in [0.29, 0.717) is 17.8 Å². The predicted octanol–water partition coefficient (Wildman–Crippen LogP) is 1.82. The molecule has 0 fully saturated rings. The lowest BCUT2D eigenvalue weighted by Gasteiger charge is -2.03. The number of nitrogens with one attached hydrogen (secondary N) is 1. The van der Waals surface area contributed by atoms with Gasteiger partial charge in [0.25, 0.3) is 0 Å². The first-order valence-corrected chi connectivity index (χ1v) is 5.23. The molecule has 3 nitrogen and oxygen atoms in total. The average Bonchev–Trinajstić information content (AvgIpc) is 2.18. The molecule has 3 N–H and O–H groups in total. The molecule has 4 heteroatoms. The van der Waals surface area contributed by atoms with Crippen LogP contribution in [0.15, 0.2) is 22.7 Å². The number of benzene rings is 1. The van der Waals surface area contributed by atoms with Gasteiger partial charge in [-0.05, 0) is 34.6 Å². The Morgan fingerprint density at radius 3 is 2.86 bits per heavy atom. The summed E-state index contributed by atoms with van der Waals surface area (Å²) in [6, 6.07) is 5.23. The first kappa shape index (κ1) is 11.2. The minimum Gasteiger partial charge on any atom is -0.398 e. The maximum Gasteiger partial charge on any atom is 0.176 e. The Bertz CT molecular complexity index is 339. The van der Waals surface area contributed by atoms with E-state index in [1.165, 1.54) is 0 Å². The van der Waals surface area contributed by atoms with Crippen LogP contribution in [0.1, 0.15) is 17.3 Å². The standard InChI is InChI=1S/C10H13BrN2O/c1-2-13-6-10(14)7-3-4-8(11)9(12)5-7/h3-5,13H,2,6,12H2,1H3. The van der Waals surface area contributed by atoms with Crippen molar-refractivity contribution in [3.05, 3.63) is 28.2 Å². The van der Waals surface area contributed by atoms with Crippen molar-refractivity contribution in [1.29, 1.82) is 0 Å². The van der Waals surface area contributed by atoms with Crippen LogP contribution in [-0.2, 0) is 0 Å². The Morgan fingerprint density at radius 2 is 2.29 bits per heavy atom. The highest BCUT2D eigenvalue weighted by Gasteiger charge is 2.06. The summed E-state index contributed by atoms with van der Waals surface area (Å²) in [6.07, 6.45) is 0. The van der Waals surface area contributed by atoms with Gasteiger partial charge in [0.1, 0.15) is 0 Å². The SMILES string of the molecule is CCNCC(=O)c1ccc(Br)c(N)c1. The molecular formula is C10H13BrN2O. The molecule has 76 valence electrons. The molecule has 0 aliphatic carbocycles. The predicted molar refractivity (Wildman–Crippen MR) is 61.4 cm³/mol. The summed E-state index contributed by atoms with van der Waals surface area (Å²) in [4.78, 5) is 11.5. The molecule has 0 radical (unpaired) electrons. The maximum absolute atomic E-state index is 11.5. The van der Waals surface area contributed by atoms with E-state index >= 15 is 0 Å². The van der Waals surface area contributed by atoms with Crippen molar-refractivity contribution in [1.82, 2.24) is 5.32 Å². The summed E-state index contributed by atoms with van der Waals surface area (Å²) in [5.74, 6) is 0.0612. The topological polar surface area (TPSA) is 55.1 Å². The molecule has 0 amide bonds. The fourth-order valence-electron chi connectivity index (χ4n) is 1.06. The molecule has 0 bridgehead atoms. The van der Waals surface area contributed by atoms with Crippen molar-refractivity contribution in [2.24, 2.45) is 0 Å². The normalized spacial score (nSPS) is 10.1. The van der Waals surface area contributed by atoms with Gasteiger partial charge in [-0.3, -0.25) is 4.79 Å². The lowest BCUT2D eigenvalue weighted by molar-refractivity contribution is 0.0992. The van der Waals surface area contributed by atoms with Crippen LogP contribution in [0.2, 0.25) is 0 Å². The monoisotopic (exact) mass is 256 g/mol. The van der Waals surface area contributed by atoms with Crippen LogP contribution >= 0.6 is 15.9 Å². The van der Waals surface area contributed by atoms with Crippen molar-refractivity contribution in [2.75, 3.05) is 18.8 Å². The molecule has 14 heavy (non-hydrogen) atoms. The highest BCUT2D eigenvalue weighted by Crippen LogP contribution is 2.20. The number of rotatable bonds is 4. The van der Waals surface area contributed by atoms with Crippen LogP contribution in [0, 0.1) is 0 Å². The Balaban J connectivity index is 2.76. The first-order chi connectivity index (χ1) is 6.65. The molecule has 0 aliphatic heterocycles. The summed E-state index contributed by atoms with van der Waals surface area (Å²) in [5.41, 5.74) is 6.90. The van der Waals surface area contributed by atoms with Crippen LogP contribution in [-0.4, -0.2) is 18.9 Å². The molecule has 0 aliphatic rings. The van der Waals surface area contributed by atoms with E-state index in [4.69, 9.17) is 5.73 Å². The summed E-state index contributed by atoms with van der Waals surface area (Å²) < 4.78 is 0.817. The summed E-state index contributed by atoms with van der Waals surface area (Å²) in [7, 11) is 0. The van der Waals surface area contributed by atoms with Crippen LogP contribution in [0.3, 0.4) is 0 Å². The van der Waals surface area contributed by atoms with E-state index in [1.807, 2.05) is 6.92 Å². The van der Waals surface area contributed by atoms with Gasteiger partial charge in [-0.2, -0.15) is 0 Å². The van der Waals surface area contributed by atoms with E-state index in [9.17, 15) is 4.79 Å². The number of Topliss-reactive ketones (excluding diaryl/α,β-unsaturated/α-hetero) is 1. The number of anilines is 1. The van der Waals surface area contributed by atoms with Crippen molar-refractivity contribution in [2.45, 2.75) is 6.92 Å².